The van der Waals surface area contributed by atoms with Crippen LogP contribution in [0.3, 0.4) is 0 Å². The molecule has 1 atom stereocenters. The molecule has 1 unspecified atom stereocenters. The summed E-state index contributed by atoms with van der Waals surface area (Å²) in [5, 5.41) is 2.67. The van der Waals surface area contributed by atoms with Crippen LogP contribution < -0.4 is 5.32 Å². The molecule has 180 valence electrons. The highest BCUT2D eigenvalue weighted by atomic mass is 16.5. The summed E-state index contributed by atoms with van der Waals surface area (Å²) in [6.45, 7) is 2.81. The third-order valence-electron chi connectivity index (χ3n) is 6.44. The Morgan fingerprint density at radius 2 is 1.97 bits per heavy atom. The lowest BCUT2D eigenvalue weighted by molar-refractivity contribution is 0.0966. The number of aliphatic imine (C=N–C) groups is 1. The van der Waals surface area contributed by atoms with E-state index < -0.39 is 11.8 Å². The summed E-state index contributed by atoms with van der Waals surface area (Å²) >= 11 is 0. The van der Waals surface area contributed by atoms with Crippen LogP contribution in [-0.4, -0.2) is 70.1 Å². The van der Waals surface area contributed by atoms with Crippen molar-refractivity contribution in [3.8, 4) is 0 Å². The van der Waals surface area contributed by atoms with Gasteiger partial charge in [-0.2, -0.15) is 0 Å². The van der Waals surface area contributed by atoms with Gasteiger partial charge in [0.1, 0.15) is 6.61 Å². The zero-order chi connectivity index (χ0) is 24.7. The van der Waals surface area contributed by atoms with Crippen molar-refractivity contribution in [2.45, 2.75) is 32.0 Å². The summed E-state index contributed by atoms with van der Waals surface area (Å²) < 4.78 is 5.21. The van der Waals surface area contributed by atoms with Gasteiger partial charge in [-0.1, -0.05) is 37.3 Å². The number of Topliss-reactive ketones (excluding diaryl/α,β-unsaturated/α-hetero) is 1. The average molecular weight is 476 g/mol. The number of H-pyrrole nitrogens is 1. The number of ether oxygens (including phenoxy) is 1. The van der Waals surface area contributed by atoms with Gasteiger partial charge in [0.05, 0.1) is 16.8 Å². The molecule has 1 saturated heterocycles. The summed E-state index contributed by atoms with van der Waals surface area (Å²) in [6, 6.07) is 9.09. The number of fused-ring (bicyclic) bond motifs is 2. The number of rotatable bonds is 8. The van der Waals surface area contributed by atoms with Gasteiger partial charge in [0.15, 0.2) is 11.6 Å². The lowest BCUT2D eigenvalue weighted by atomic mass is 9.86. The number of carbonyl (C=O) groups excluding carboxylic acids is 4. The molecule has 1 fully saturated rings. The number of carbonyl (C=O) groups is 4. The molecule has 3 heterocycles. The van der Waals surface area contributed by atoms with E-state index in [0.29, 0.717) is 24.4 Å². The fraction of sp³-hybridized carbons (Fsp3) is 0.320. The number of nitrogens with zero attached hydrogens (tertiary/aromatic N) is 3. The molecule has 10 nitrogen and oxygen atoms in total. The van der Waals surface area contributed by atoms with Gasteiger partial charge >= 0.3 is 12.1 Å². The average Bonchev–Trinajstić information content (AvgIpc) is 3.39. The number of hydrogen-bond donors (Lipinski definition) is 2. The van der Waals surface area contributed by atoms with E-state index in [1.54, 1.807) is 18.1 Å². The molecule has 10 heteroatoms. The first-order valence-corrected chi connectivity index (χ1v) is 11.5. The van der Waals surface area contributed by atoms with E-state index >= 15 is 0 Å². The van der Waals surface area contributed by atoms with Crippen LogP contribution in [0.5, 0.6) is 0 Å². The second kappa shape index (κ2) is 8.53. The summed E-state index contributed by atoms with van der Waals surface area (Å²) in [5.74, 6) is -0.191. The van der Waals surface area contributed by atoms with Gasteiger partial charge in [-0.3, -0.25) is 19.4 Å². The number of aromatic nitrogens is 1. The van der Waals surface area contributed by atoms with E-state index in [4.69, 9.17) is 4.74 Å². The fourth-order valence-electron chi connectivity index (χ4n) is 4.65. The van der Waals surface area contributed by atoms with Crippen molar-refractivity contribution in [3.63, 3.8) is 0 Å². The van der Waals surface area contributed by atoms with Gasteiger partial charge in [-0.25, -0.2) is 14.6 Å². The number of alkyl carbamates (subject to hydrolysis) is 1. The molecule has 3 amide bonds. The van der Waals surface area contributed by atoms with Crippen LogP contribution in [0.25, 0.3) is 0 Å². The molecule has 0 bridgehead atoms. The highest BCUT2D eigenvalue weighted by Crippen LogP contribution is 2.48. The van der Waals surface area contributed by atoms with E-state index in [9.17, 15) is 19.2 Å². The van der Waals surface area contributed by atoms with Crippen LogP contribution in [0, 0.1) is 0 Å². The van der Waals surface area contributed by atoms with Crippen LogP contribution in [-0.2, 0) is 17.8 Å². The molecule has 3 aliphatic rings. The van der Waals surface area contributed by atoms with Crippen LogP contribution in [0.2, 0.25) is 0 Å². The Labute approximate surface area is 201 Å². The third kappa shape index (κ3) is 3.61. The topological polar surface area (TPSA) is 124 Å². The number of amides is 3. The Morgan fingerprint density at radius 3 is 2.71 bits per heavy atom. The molecule has 0 radical (unpaired) electrons. The molecule has 35 heavy (non-hydrogen) atoms. The number of ketones is 2. The first-order valence-electron chi connectivity index (χ1n) is 11.5. The van der Waals surface area contributed by atoms with Crippen LogP contribution >= 0.6 is 0 Å². The molecule has 0 spiro atoms. The maximum absolute atomic E-state index is 13.6. The van der Waals surface area contributed by atoms with E-state index in [1.165, 1.54) is 11.0 Å². The number of urea groups is 1. The van der Waals surface area contributed by atoms with Gasteiger partial charge in [-0.05, 0) is 30.0 Å². The van der Waals surface area contributed by atoms with E-state index in [2.05, 4.69) is 15.3 Å². The molecule has 2 aliphatic heterocycles. The standard InChI is InChI=1S/C25H25N5O5/c1-3-11-30-22-25(28-22,29(2)24(30)34)17-12-18(31)20-19(21(17)32)16(13-27-20)9-10-26-23(33)35-14-15-7-5-4-6-8-15/h4-8,12-13,27H,3,9-11,14H2,1-2H3,(H,26,33). The number of benzene rings is 1. The zero-order valence-electron chi connectivity index (χ0n) is 19.5. The van der Waals surface area contributed by atoms with E-state index in [1.807, 2.05) is 37.3 Å². The maximum Gasteiger partial charge on any atom is 0.407 e. The monoisotopic (exact) mass is 475 g/mol. The Balaban J connectivity index is 1.26. The highest BCUT2D eigenvalue weighted by molar-refractivity contribution is 6.32. The minimum Gasteiger partial charge on any atom is -0.445 e. The normalized spacial score (nSPS) is 20.3. The lowest BCUT2D eigenvalue weighted by Crippen LogP contribution is -2.42. The Kier molecular flexibility index (Phi) is 5.50. The molecule has 0 saturated carbocycles. The van der Waals surface area contributed by atoms with Crippen LogP contribution in [0.4, 0.5) is 9.59 Å². The number of amidine groups is 1. The largest absolute Gasteiger partial charge is 0.445 e. The van der Waals surface area contributed by atoms with E-state index in [0.717, 1.165) is 12.0 Å². The zero-order valence-corrected chi connectivity index (χ0v) is 19.5. The molecule has 2 N–H and O–H groups in total. The van der Waals surface area contributed by atoms with Gasteiger partial charge in [0.25, 0.3) is 0 Å². The number of nitrogens with one attached hydrogen (secondary N) is 2. The minimum atomic E-state index is -1.20. The summed E-state index contributed by atoms with van der Waals surface area (Å²) in [6.07, 6.45) is 3.37. The van der Waals surface area contributed by atoms with Crippen molar-refractivity contribution >= 4 is 29.5 Å². The molecular weight excluding hydrogens is 450 g/mol. The molecule has 1 aromatic carbocycles. The quantitative estimate of drug-likeness (QED) is 0.608. The van der Waals surface area contributed by atoms with Crippen LogP contribution in [0.1, 0.15) is 45.3 Å². The molecule has 2 aromatic rings. The molecule has 1 aromatic heterocycles. The van der Waals surface area contributed by atoms with Crippen molar-refractivity contribution in [1.29, 1.82) is 0 Å². The molecule has 5 rings (SSSR count). The van der Waals surface area contributed by atoms with Gasteiger partial charge in [-0.15, -0.1) is 0 Å². The Morgan fingerprint density at radius 1 is 1.20 bits per heavy atom. The van der Waals surface area contributed by atoms with Crippen LogP contribution in [0.15, 0.2) is 53.2 Å². The number of aromatic amines is 1. The van der Waals surface area contributed by atoms with Crippen molar-refractivity contribution in [2.24, 2.45) is 4.99 Å². The molecular formula is C25H25N5O5. The lowest BCUT2D eigenvalue weighted by Gasteiger charge is -2.24. The van der Waals surface area contributed by atoms with Crippen molar-refractivity contribution in [3.05, 3.63) is 70.6 Å². The first-order chi connectivity index (χ1) is 16.9. The van der Waals surface area contributed by atoms with Crippen molar-refractivity contribution in [2.75, 3.05) is 20.1 Å². The SMILES string of the molecule is CCCN1C(=O)N(C)C2(C3=CC(=O)c4[nH]cc(CCNC(=O)OCc5ccccc5)c4C3=O)N=C12. The predicted octanol–water partition coefficient (Wildman–Crippen LogP) is 2.67. The number of allylic oxidation sites excluding steroid dienone is 1. The predicted molar refractivity (Wildman–Crippen MR) is 126 cm³/mol. The summed E-state index contributed by atoms with van der Waals surface area (Å²) in [5.41, 5.74) is 0.914. The van der Waals surface area contributed by atoms with Gasteiger partial charge in [0.2, 0.25) is 11.4 Å². The first kappa shape index (κ1) is 22.6. The fourth-order valence-corrected chi connectivity index (χ4v) is 4.65. The van der Waals surface area contributed by atoms with Gasteiger partial charge in [0, 0.05) is 26.3 Å². The second-order valence-electron chi connectivity index (χ2n) is 8.65. The van der Waals surface area contributed by atoms with Crippen molar-refractivity contribution in [1.82, 2.24) is 20.1 Å². The highest BCUT2D eigenvalue weighted by Gasteiger charge is 2.67. The maximum atomic E-state index is 13.6. The third-order valence-corrected chi connectivity index (χ3v) is 6.44. The Hall–Kier alpha value is -4.21. The smallest absolute Gasteiger partial charge is 0.407 e. The number of likely N-dealkylation sites (N-methyl/N-ethyl adjacent to an activating group) is 1. The summed E-state index contributed by atoms with van der Waals surface area (Å²) in [7, 11) is 1.59. The Bertz CT molecular complexity index is 1290. The van der Waals surface area contributed by atoms with Gasteiger partial charge < -0.3 is 15.0 Å². The minimum absolute atomic E-state index is 0.152. The second-order valence-corrected chi connectivity index (χ2v) is 8.65. The van der Waals surface area contributed by atoms with Crippen molar-refractivity contribution < 1.29 is 23.9 Å². The molecule has 1 aliphatic carbocycles. The van der Waals surface area contributed by atoms with E-state index in [-0.39, 0.29) is 47.6 Å². The number of hydrogen-bond acceptors (Lipinski definition) is 6. The summed E-state index contributed by atoms with van der Waals surface area (Å²) in [4.78, 5) is 61.5.